The minimum atomic E-state index is -1.74. The van der Waals surface area contributed by atoms with Crippen LogP contribution in [0.3, 0.4) is 0 Å². The molecule has 1 saturated carbocycles. The van der Waals surface area contributed by atoms with Crippen LogP contribution in [0.2, 0.25) is 0 Å². The molecule has 2 bridgehead atoms. The number of carboxylic acid groups (broad SMARTS) is 1. The van der Waals surface area contributed by atoms with Crippen LogP contribution in [-0.4, -0.2) is 45.2 Å². The van der Waals surface area contributed by atoms with Crippen LogP contribution < -0.4 is 5.32 Å². The van der Waals surface area contributed by atoms with E-state index in [9.17, 15) is 9.18 Å². The SMILES string of the molecule is O=C(O)C(F)C1C2CCCC1CN(Cc1ccc3c(c1)Nc1nccnc1S3)C2. The predicted octanol–water partition coefficient (Wildman–Crippen LogP) is 3.96. The number of rotatable bonds is 4. The minimum Gasteiger partial charge on any atom is -0.479 e. The number of carboxylic acids is 1. The number of fused-ring (bicyclic) bond motifs is 4. The molecule has 6 nitrogen and oxygen atoms in total. The zero-order valence-electron chi connectivity index (χ0n) is 15.9. The molecule has 3 atom stereocenters. The van der Waals surface area contributed by atoms with Crippen molar-refractivity contribution in [2.45, 2.75) is 41.9 Å². The van der Waals surface area contributed by atoms with Gasteiger partial charge in [0.2, 0.25) is 6.17 Å². The van der Waals surface area contributed by atoms with Gasteiger partial charge in [0.1, 0.15) is 5.03 Å². The van der Waals surface area contributed by atoms with Crippen molar-refractivity contribution < 1.29 is 14.3 Å². The average Bonchev–Trinajstić information content (AvgIpc) is 2.71. The maximum atomic E-state index is 14.4. The molecule has 29 heavy (non-hydrogen) atoms. The van der Waals surface area contributed by atoms with E-state index in [0.29, 0.717) is 0 Å². The molecule has 2 fully saturated rings. The molecule has 2 N–H and O–H groups in total. The molecule has 3 heterocycles. The fourth-order valence-electron chi connectivity index (χ4n) is 5.19. The monoisotopic (exact) mass is 414 g/mol. The molecule has 0 radical (unpaired) electrons. The first-order valence-electron chi connectivity index (χ1n) is 10.1. The molecule has 2 aromatic rings. The maximum absolute atomic E-state index is 14.4. The van der Waals surface area contributed by atoms with Gasteiger partial charge in [0.15, 0.2) is 5.82 Å². The summed E-state index contributed by atoms with van der Waals surface area (Å²) in [4.78, 5) is 23.4. The summed E-state index contributed by atoms with van der Waals surface area (Å²) in [5, 5.41) is 13.4. The Morgan fingerprint density at radius 2 is 2.03 bits per heavy atom. The standard InChI is InChI=1S/C21H23FN4O2S/c22-18(21(27)28)17-13-2-1-3-14(17)11-26(10-13)9-12-4-5-16-15(8-12)25-19-20(29-16)24-7-6-23-19/h4-8,13-14,17-18H,1-3,9-11H2,(H,23,25)(H,27,28). The summed E-state index contributed by atoms with van der Waals surface area (Å²) in [6, 6.07) is 6.39. The first-order chi connectivity index (χ1) is 14.1. The van der Waals surface area contributed by atoms with Crippen LogP contribution in [-0.2, 0) is 11.3 Å². The van der Waals surface area contributed by atoms with Crippen molar-refractivity contribution in [1.29, 1.82) is 0 Å². The summed E-state index contributed by atoms with van der Waals surface area (Å²) < 4.78 is 14.4. The molecule has 152 valence electrons. The lowest BCUT2D eigenvalue weighted by atomic mass is 9.67. The van der Waals surface area contributed by atoms with Crippen molar-refractivity contribution in [2.24, 2.45) is 17.8 Å². The summed E-state index contributed by atoms with van der Waals surface area (Å²) in [7, 11) is 0. The molecule has 0 spiro atoms. The average molecular weight is 415 g/mol. The molecular formula is C21H23FN4O2S. The van der Waals surface area contributed by atoms with E-state index in [1.54, 1.807) is 24.2 Å². The van der Waals surface area contributed by atoms with Crippen molar-refractivity contribution in [2.75, 3.05) is 18.4 Å². The van der Waals surface area contributed by atoms with Crippen LogP contribution in [0.25, 0.3) is 0 Å². The second-order valence-corrected chi connectivity index (χ2v) is 9.26. The van der Waals surface area contributed by atoms with Gasteiger partial charge < -0.3 is 10.4 Å². The summed E-state index contributed by atoms with van der Waals surface area (Å²) in [6.45, 7) is 2.32. The van der Waals surface area contributed by atoms with E-state index in [1.165, 1.54) is 5.56 Å². The lowest BCUT2D eigenvalue weighted by molar-refractivity contribution is -0.150. The fourth-order valence-corrected chi connectivity index (χ4v) is 6.06. The number of benzene rings is 1. The molecule has 5 rings (SSSR count). The number of aromatic nitrogens is 2. The van der Waals surface area contributed by atoms with Crippen molar-refractivity contribution in [3.63, 3.8) is 0 Å². The number of nitrogens with one attached hydrogen (secondary N) is 1. The second kappa shape index (κ2) is 7.57. The molecule has 0 amide bonds. The number of anilines is 2. The number of piperidine rings is 1. The van der Waals surface area contributed by atoms with Crippen LogP contribution in [0.5, 0.6) is 0 Å². The van der Waals surface area contributed by atoms with Gasteiger partial charge >= 0.3 is 5.97 Å². The van der Waals surface area contributed by atoms with Gasteiger partial charge in [-0.2, -0.15) is 0 Å². The highest BCUT2D eigenvalue weighted by Gasteiger charge is 2.46. The van der Waals surface area contributed by atoms with Crippen LogP contribution in [0, 0.1) is 17.8 Å². The second-order valence-electron chi connectivity index (χ2n) is 8.23. The summed E-state index contributed by atoms with van der Waals surface area (Å²) >= 11 is 1.61. The Bertz CT molecular complexity index is 929. The van der Waals surface area contributed by atoms with E-state index in [1.807, 2.05) is 0 Å². The Morgan fingerprint density at radius 1 is 1.28 bits per heavy atom. The quantitative estimate of drug-likeness (QED) is 0.669. The molecule has 3 unspecified atom stereocenters. The van der Waals surface area contributed by atoms with Gasteiger partial charge in [0, 0.05) is 42.8 Å². The largest absolute Gasteiger partial charge is 0.479 e. The number of alkyl halides is 1. The van der Waals surface area contributed by atoms with Gasteiger partial charge in [-0.25, -0.2) is 19.2 Å². The lowest BCUT2D eigenvalue weighted by Crippen LogP contribution is -2.52. The third kappa shape index (κ3) is 3.59. The molecule has 3 aliphatic rings. The third-order valence-corrected chi connectivity index (χ3v) is 7.44. The molecule has 8 heteroatoms. The van der Waals surface area contributed by atoms with Gasteiger partial charge in [-0.3, -0.25) is 4.90 Å². The fraction of sp³-hybridized carbons (Fsp3) is 0.476. The molecule has 1 aliphatic carbocycles. The van der Waals surface area contributed by atoms with E-state index in [0.717, 1.165) is 60.3 Å². The molecule has 2 aliphatic heterocycles. The van der Waals surface area contributed by atoms with E-state index in [-0.39, 0.29) is 17.8 Å². The van der Waals surface area contributed by atoms with E-state index >= 15 is 0 Å². The number of halogens is 1. The smallest absolute Gasteiger partial charge is 0.338 e. The summed E-state index contributed by atoms with van der Waals surface area (Å²) in [6.07, 6.45) is 4.55. The molecule has 1 aromatic carbocycles. The zero-order valence-corrected chi connectivity index (χ0v) is 16.7. The predicted molar refractivity (Wildman–Crippen MR) is 108 cm³/mol. The van der Waals surface area contributed by atoms with E-state index in [2.05, 4.69) is 38.4 Å². The van der Waals surface area contributed by atoms with Crippen molar-refractivity contribution in [3.8, 4) is 0 Å². The Morgan fingerprint density at radius 3 is 2.79 bits per heavy atom. The van der Waals surface area contributed by atoms with E-state index < -0.39 is 12.1 Å². The van der Waals surface area contributed by atoms with Gasteiger partial charge in [-0.15, -0.1) is 0 Å². The van der Waals surface area contributed by atoms with Gasteiger partial charge in [-0.1, -0.05) is 24.2 Å². The topological polar surface area (TPSA) is 78.4 Å². The van der Waals surface area contributed by atoms with Gasteiger partial charge in [0.05, 0.1) is 5.69 Å². The van der Waals surface area contributed by atoms with Crippen LogP contribution in [0.15, 0.2) is 40.5 Å². The molecule has 1 aromatic heterocycles. The number of nitrogens with zero attached hydrogens (tertiary/aromatic N) is 3. The van der Waals surface area contributed by atoms with E-state index in [4.69, 9.17) is 5.11 Å². The number of hydrogen-bond acceptors (Lipinski definition) is 6. The normalized spacial score (nSPS) is 26.7. The Balaban J connectivity index is 1.30. The van der Waals surface area contributed by atoms with Gasteiger partial charge in [0.25, 0.3) is 0 Å². The van der Waals surface area contributed by atoms with Gasteiger partial charge in [-0.05, 0) is 42.4 Å². The summed E-state index contributed by atoms with van der Waals surface area (Å²) in [5.41, 5.74) is 2.22. The molecular weight excluding hydrogens is 391 g/mol. The van der Waals surface area contributed by atoms with Crippen molar-refractivity contribution in [3.05, 3.63) is 36.2 Å². The lowest BCUT2D eigenvalue weighted by Gasteiger charge is -2.47. The number of likely N-dealkylation sites (tertiary alicyclic amines) is 1. The first-order valence-corrected chi connectivity index (χ1v) is 10.9. The third-order valence-electron chi connectivity index (χ3n) is 6.37. The van der Waals surface area contributed by atoms with Crippen molar-refractivity contribution >= 4 is 29.2 Å². The molecule has 1 saturated heterocycles. The van der Waals surface area contributed by atoms with Crippen LogP contribution in [0.1, 0.15) is 24.8 Å². The van der Waals surface area contributed by atoms with Crippen LogP contribution in [0.4, 0.5) is 15.9 Å². The highest BCUT2D eigenvalue weighted by atomic mass is 32.2. The highest BCUT2D eigenvalue weighted by Crippen LogP contribution is 2.44. The Kier molecular flexibility index (Phi) is 4.91. The van der Waals surface area contributed by atoms with Crippen molar-refractivity contribution in [1.82, 2.24) is 14.9 Å². The Labute approximate surface area is 172 Å². The Hall–Kier alpha value is -2.19. The number of carbonyl (C=O) groups is 1. The highest BCUT2D eigenvalue weighted by molar-refractivity contribution is 7.99. The number of aliphatic carboxylic acids is 1. The number of hydrogen-bond donors (Lipinski definition) is 2. The maximum Gasteiger partial charge on any atom is 0.338 e. The summed E-state index contributed by atoms with van der Waals surface area (Å²) in [5.74, 6) is -0.611. The first kappa shape index (κ1) is 18.8. The zero-order chi connectivity index (χ0) is 20.0. The minimum absolute atomic E-state index is 0.127. The van der Waals surface area contributed by atoms with Crippen LogP contribution >= 0.6 is 11.8 Å².